The molecule has 0 aromatic heterocycles. The van der Waals surface area contributed by atoms with Gasteiger partial charge in [-0.2, -0.15) is 0 Å². The first-order valence-corrected chi connectivity index (χ1v) is 10.3. The predicted molar refractivity (Wildman–Crippen MR) is 93.7 cm³/mol. The minimum absolute atomic E-state index is 0.444. The molecule has 4 aliphatic rings. The highest BCUT2D eigenvalue weighted by atomic mass is 15.2. The Hall–Kier alpha value is -0.0400. The van der Waals surface area contributed by atoms with E-state index >= 15 is 0 Å². The summed E-state index contributed by atoms with van der Waals surface area (Å²) in [6.45, 7) is 13.0. The number of hydrogen-bond donors (Lipinski definition) is 0. The third kappa shape index (κ3) is 2.29. The van der Waals surface area contributed by atoms with Gasteiger partial charge in [-0.1, -0.05) is 39.5 Å². The first-order chi connectivity index (χ1) is 10.5. The van der Waals surface area contributed by atoms with Crippen LogP contribution >= 0.6 is 0 Å². The summed E-state index contributed by atoms with van der Waals surface area (Å²) in [7, 11) is 0. The van der Waals surface area contributed by atoms with Crippen molar-refractivity contribution in [2.75, 3.05) is 13.1 Å². The van der Waals surface area contributed by atoms with Gasteiger partial charge in [0.2, 0.25) is 0 Å². The van der Waals surface area contributed by atoms with E-state index in [9.17, 15) is 0 Å². The summed E-state index contributed by atoms with van der Waals surface area (Å²) >= 11 is 0. The van der Waals surface area contributed by atoms with Crippen molar-refractivity contribution < 1.29 is 0 Å². The molecule has 0 amide bonds. The van der Waals surface area contributed by atoms with Crippen molar-refractivity contribution in [2.24, 2.45) is 41.4 Å². The first kappa shape index (κ1) is 15.5. The van der Waals surface area contributed by atoms with Crippen molar-refractivity contribution in [3.05, 3.63) is 0 Å². The molecule has 22 heavy (non-hydrogen) atoms. The van der Waals surface area contributed by atoms with Gasteiger partial charge >= 0.3 is 0 Å². The van der Waals surface area contributed by atoms with Gasteiger partial charge in [-0.25, -0.2) is 0 Å². The number of likely N-dealkylation sites (tertiary alicyclic amines) is 1. The fourth-order valence-electron chi connectivity index (χ4n) is 6.97. The summed E-state index contributed by atoms with van der Waals surface area (Å²) < 4.78 is 0. The van der Waals surface area contributed by atoms with Crippen LogP contribution in [0.1, 0.15) is 72.6 Å². The highest BCUT2D eigenvalue weighted by molar-refractivity contribution is 5.09. The van der Waals surface area contributed by atoms with Crippen molar-refractivity contribution in [3.63, 3.8) is 0 Å². The molecule has 4 rings (SSSR count). The number of hydrogen-bond acceptors (Lipinski definition) is 1. The van der Waals surface area contributed by atoms with Crippen molar-refractivity contribution in [1.29, 1.82) is 0 Å². The molecule has 0 aromatic carbocycles. The molecule has 0 radical (unpaired) electrons. The SMILES string of the molecule is CCC1C2CC2C(C)C2CN(C(C)(C)C3CCCCC3)CC21. The van der Waals surface area contributed by atoms with Crippen LogP contribution in [0.4, 0.5) is 0 Å². The van der Waals surface area contributed by atoms with E-state index < -0.39 is 0 Å². The third-order valence-electron chi connectivity index (χ3n) is 8.64. The van der Waals surface area contributed by atoms with Gasteiger partial charge in [-0.05, 0) is 74.5 Å². The van der Waals surface area contributed by atoms with Crippen LogP contribution in [0, 0.1) is 41.4 Å². The lowest BCUT2D eigenvalue weighted by Crippen LogP contribution is -2.49. The zero-order chi connectivity index (χ0) is 15.5. The van der Waals surface area contributed by atoms with E-state index in [0.717, 1.165) is 41.4 Å². The lowest BCUT2D eigenvalue weighted by molar-refractivity contribution is 0.0570. The Kier molecular flexibility index (Phi) is 3.87. The maximum Gasteiger partial charge on any atom is 0.0181 e. The summed E-state index contributed by atoms with van der Waals surface area (Å²) in [4.78, 5) is 2.95. The Labute approximate surface area is 138 Å². The molecule has 1 saturated heterocycles. The molecular weight excluding hydrogens is 266 g/mol. The average molecular weight is 304 g/mol. The van der Waals surface area contributed by atoms with Gasteiger partial charge in [0.25, 0.3) is 0 Å². The molecule has 1 heterocycles. The smallest absolute Gasteiger partial charge is 0.0181 e. The topological polar surface area (TPSA) is 3.24 Å². The molecule has 126 valence electrons. The molecule has 1 aliphatic heterocycles. The van der Waals surface area contributed by atoms with Crippen molar-refractivity contribution in [3.8, 4) is 0 Å². The van der Waals surface area contributed by atoms with Crippen LogP contribution in [-0.2, 0) is 0 Å². The third-order valence-corrected chi connectivity index (χ3v) is 8.64. The minimum atomic E-state index is 0.444. The molecule has 1 nitrogen and oxygen atoms in total. The molecule has 4 fully saturated rings. The second-order valence-corrected chi connectivity index (χ2v) is 9.72. The molecule has 1 heteroatoms. The number of fused-ring (bicyclic) bond motifs is 2. The predicted octanol–water partition coefficient (Wildman–Crippen LogP) is 5.21. The van der Waals surface area contributed by atoms with Crippen LogP contribution < -0.4 is 0 Å². The van der Waals surface area contributed by atoms with Gasteiger partial charge in [0.1, 0.15) is 0 Å². The van der Waals surface area contributed by atoms with E-state index in [4.69, 9.17) is 0 Å². The van der Waals surface area contributed by atoms with E-state index in [2.05, 4.69) is 32.6 Å². The van der Waals surface area contributed by atoms with Crippen LogP contribution in [0.3, 0.4) is 0 Å². The summed E-state index contributed by atoms with van der Waals surface area (Å²) in [6.07, 6.45) is 10.4. The Balaban J connectivity index is 1.51. The second kappa shape index (κ2) is 5.50. The highest BCUT2D eigenvalue weighted by Gasteiger charge is 2.59. The maximum atomic E-state index is 2.95. The van der Waals surface area contributed by atoms with Crippen LogP contribution in [0.25, 0.3) is 0 Å². The molecule has 3 saturated carbocycles. The number of rotatable bonds is 3. The molecule has 0 aromatic rings. The molecule has 0 spiro atoms. The summed E-state index contributed by atoms with van der Waals surface area (Å²) in [6, 6.07) is 0. The second-order valence-electron chi connectivity index (χ2n) is 9.72. The van der Waals surface area contributed by atoms with E-state index in [0.29, 0.717) is 5.54 Å². The van der Waals surface area contributed by atoms with E-state index in [-0.39, 0.29) is 0 Å². The molecule has 6 atom stereocenters. The normalized spacial score (nSPS) is 46.4. The fraction of sp³-hybridized carbons (Fsp3) is 1.00. The van der Waals surface area contributed by atoms with E-state index in [1.165, 1.54) is 51.6 Å². The highest BCUT2D eigenvalue weighted by Crippen LogP contribution is 2.62. The van der Waals surface area contributed by atoms with E-state index in [1.807, 2.05) is 0 Å². The monoisotopic (exact) mass is 303 g/mol. The van der Waals surface area contributed by atoms with Crippen molar-refractivity contribution >= 4 is 0 Å². The van der Waals surface area contributed by atoms with Gasteiger partial charge in [-0.15, -0.1) is 0 Å². The van der Waals surface area contributed by atoms with Gasteiger partial charge in [-0.3, -0.25) is 4.90 Å². The van der Waals surface area contributed by atoms with Crippen molar-refractivity contribution in [2.45, 2.75) is 78.2 Å². The van der Waals surface area contributed by atoms with E-state index in [1.54, 1.807) is 6.42 Å². The summed E-state index contributed by atoms with van der Waals surface area (Å²) in [5.41, 5.74) is 0.444. The molecule has 6 unspecified atom stereocenters. The van der Waals surface area contributed by atoms with Crippen LogP contribution in [-0.4, -0.2) is 23.5 Å². The molecule has 0 bridgehead atoms. The zero-order valence-electron chi connectivity index (χ0n) is 15.4. The Morgan fingerprint density at radius 1 is 0.909 bits per heavy atom. The Bertz CT molecular complexity index is 408. The summed E-state index contributed by atoms with van der Waals surface area (Å²) in [5, 5.41) is 0. The number of nitrogens with zero attached hydrogens (tertiary/aromatic N) is 1. The molecule has 0 N–H and O–H groups in total. The average Bonchev–Trinajstić information content (AvgIpc) is 3.19. The Morgan fingerprint density at radius 2 is 1.59 bits per heavy atom. The minimum Gasteiger partial charge on any atom is -0.297 e. The largest absolute Gasteiger partial charge is 0.297 e. The van der Waals surface area contributed by atoms with Crippen LogP contribution in [0.5, 0.6) is 0 Å². The summed E-state index contributed by atoms with van der Waals surface area (Å²) in [5.74, 6) is 7.25. The fourth-order valence-corrected chi connectivity index (χ4v) is 6.97. The molecular formula is C21H37N. The maximum absolute atomic E-state index is 2.95. The van der Waals surface area contributed by atoms with Crippen molar-refractivity contribution in [1.82, 2.24) is 4.90 Å². The first-order valence-electron chi connectivity index (χ1n) is 10.3. The van der Waals surface area contributed by atoms with Gasteiger partial charge in [0, 0.05) is 18.6 Å². The molecule has 3 aliphatic carbocycles. The lowest BCUT2D eigenvalue weighted by atomic mass is 9.68. The Morgan fingerprint density at radius 3 is 2.27 bits per heavy atom. The van der Waals surface area contributed by atoms with Gasteiger partial charge < -0.3 is 0 Å². The van der Waals surface area contributed by atoms with Crippen LogP contribution in [0.15, 0.2) is 0 Å². The van der Waals surface area contributed by atoms with Gasteiger partial charge in [0.05, 0.1) is 0 Å². The van der Waals surface area contributed by atoms with Gasteiger partial charge in [0.15, 0.2) is 0 Å². The zero-order valence-corrected chi connectivity index (χ0v) is 15.4. The standard InChI is InChI=1S/C21H37N/c1-5-16-18-11-17(18)14(2)19-12-22(13-20(16)19)21(3,4)15-9-7-6-8-10-15/h14-20H,5-13H2,1-4H3. The lowest BCUT2D eigenvalue weighted by Gasteiger charge is -2.44. The quantitative estimate of drug-likeness (QED) is 0.692. The van der Waals surface area contributed by atoms with Crippen LogP contribution in [0.2, 0.25) is 0 Å².